The van der Waals surface area contributed by atoms with E-state index >= 15 is 0 Å². The number of nitrogens with two attached hydrogens (primary N) is 1. The summed E-state index contributed by atoms with van der Waals surface area (Å²) in [4.78, 5) is 2.07. The van der Waals surface area contributed by atoms with Gasteiger partial charge in [-0.15, -0.1) is 0 Å². The van der Waals surface area contributed by atoms with Crippen LogP contribution in [0.4, 0.5) is 5.69 Å². The Labute approximate surface area is 74.0 Å². The molecule has 2 N–H and O–H groups in total. The third-order valence-electron chi connectivity index (χ3n) is 1.94. The molecule has 0 aliphatic rings. The Bertz CT molecular complexity index is 210. The molecule has 0 aromatic heterocycles. The van der Waals surface area contributed by atoms with Crippen molar-refractivity contribution in [1.29, 1.82) is 0 Å². The normalized spacial score (nSPS) is 12.7. The molecular formula is C10H16N2. The Morgan fingerprint density at radius 1 is 1.17 bits per heavy atom. The Morgan fingerprint density at radius 3 is 2.00 bits per heavy atom. The van der Waals surface area contributed by atoms with Crippen LogP contribution in [-0.2, 0) is 0 Å². The summed E-state index contributed by atoms with van der Waals surface area (Å²) in [7, 11) is 4.06. The Kier molecular flexibility index (Phi) is 2.71. The van der Waals surface area contributed by atoms with Gasteiger partial charge in [0.1, 0.15) is 0 Å². The van der Waals surface area contributed by atoms with Crippen molar-refractivity contribution < 1.29 is 0 Å². The zero-order chi connectivity index (χ0) is 9.14. The molecule has 0 amide bonds. The van der Waals surface area contributed by atoms with Crippen LogP contribution in [0.3, 0.4) is 0 Å². The summed E-state index contributed by atoms with van der Waals surface area (Å²) in [6.45, 7) is 1.99. The second kappa shape index (κ2) is 3.59. The van der Waals surface area contributed by atoms with E-state index in [0.29, 0.717) is 0 Å². The number of rotatable bonds is 2. The van der Waals surface area contributed by atoms with E-state index in [4.69, 9.17) is 5.73 Å². The van der Waals surface area contributed by atoms with Crippen molar-refractivity contribution in [2.24, 2.45) is 5.73 Å². The van der Waals surface area contributed by atoms with Crippen molar-refractivity contribution in [2.45, 2.75) is 13.0 Å². The van der Waals surface area contributed by atoms with Crippen LogP contribution >= 0.6 is 0 Å². The molecule has 0 bridgehead atoms. The Hall–Kier alpha value is -1.02. The lowest BCUT2D eigenvalue weighted by Crippen LogP contribution is -2.09. The molecule has 0 heterocycles. The third kappa shape index (κ3) is 1.98. The predicted molar refractivity (Wildman–Crippen MR) is 53.4 cm³/mol. The quantitative estimate of drug-likeness (QED) is 0.721. The fourth-order valence-electron chi connectivity index (χ4n) is 1.08. The molecular weight excluding hydrogens is 148 g/mol. The van der Waals surface area contributed by atoms with Crippen molar-refractivity contribution in [1.82, 2.24) is 0 Å². The smallest absolute Gasteiger partial charge is 0.0361 e. The molecule has 1 aromatic rings. The van der Waals surface area contributed by atoms with Gasteiger partial charge in [-0.25, -0.2) is 0 Å². The maximum atomic E-state index is 5.73. The fraction of sp³-hybridized carbons (Fsp3) is 0.400. The molecule has 0 saturated heterocycles. The summed E-state index contributed by atoms with van der Waals surface area (Å²) >= 11 is 0. The lowest BCUT2D eigenvalue weighted by atomic mass is 10.1. The Morgan fingerprint density at radius 2 is 1.67 bits per heavy atom. The molecule has 2 nitrogen and oxygen atoms in total. The van der Waals surface area contributed by atoms with E-state index in [0.717, 1.165) is 0 Å². The van der Waals surface area contributed by atoms with Gasteiger partial charge in [0.05, 0.1) is 0 Å². The van der Waals surface area contributed by atoms with Crippen molar-refractivity contribution in [2.75, 3.05) is 19.0 Å². The minimum atomic E-state index is 0.126. The van der Waals surface area contributed by atoms with E-state index in [9.17, 15) is 0 Å². The van der Waals surface area contributed by atoms with Gasteiger partial charge in [-0.3, -0.25) is 0 Å². The van der Waals surface area contributed by atoms with Crippen LogP contribution < -0.4 is 10.6 Å². The lowest BCUT2D eigenvalue weighted by Gasteiger charge is -2.13. The molecule has 2 heteroatoms. The van der Waals surface area contributed by atoms with Crippen LogP contribution in [0.25, 0.3) is 0 Å². The van der Waals surface area contributed by atoms with Gasteiger partial charge >= 0.3 is 0 Å². The van der Waals surface area contributed by atoms with Gasteiger partial charge in [0, 0.05) is 25.8 Å². The van der Waals surface area contributed by atoms with Gasteiger partial charge in [0.15, 0.2) is 0 Å². The highest BCUT2D eigenvalue weighted by atomic mass is 15.1. The molecule has 0 spiro atoms. The van der Waals surface area contributed by atoms with Crippen LogP contribution in [0.15, 0.2) is 24.3 Å². The molecule has 1 rings (SSSR count). The first-order valence-electron chi connectivity index (χ1n) is 4.14. The zero-order valence-corrected chi connectivity index (χ0v) is 7.91. The SMILES string of the molecule is C[C@H](N)c1ccc(N(C)C)cc1. The first kappa shape index (κ1) is 9.07. The minimum absolute atomic E-state index is 0.126. The number of hydrogen-bond acceptors (Lipinski definition) is 2. The van der Waals surface area contributed by atoms with Gasteiger partial charge in [0.25, 0.3) is 0 Å². The van der Waals surface area contributed by atoms with E-state index in [1.165, 1.54) is 11.3 Å². The van der Waals surface area contributed by atoms with Crippen molar-refractivity contribution in [3.8, 4) is 0 Å². The van der Waals surface area contributed by atoms with Crippen molar-refractivity contribution in [3.05, 3.63) is 29.8 Å². The first-order chi connectivity index (χ1) is 5.61. The minimum Gasteiger partial charge on any atom is -0.378 e. The molecule has 0 aliphatic heterocycles. The van der Waals surface area contributed by atoms with Crippen LogP contribution in [0.5, 0.6) is 0 Å². The summed E-state index contributed by atoms with van der Waals surface area (Å²) in [5.74, 6) is 0. The summed E-state index contributed by atoms with van der Waals surface area (Å²) < 4.78 is 0. The number of hydrogen-bond donors (Lipinski definition) is 1. The van der Waals surface area contributed by atoms with Crippen LogP contribution in [0.1, 0.15) is 18.5 Å². The monoisotopic (exact) mass is 164 g/mol. The molecule has 0 saturated carbocycles. The molecule has 0 unspecified atom stereocenters. The van der Waals surface area contributed by atoms with Gasteiger partial charge < -0.3 is 10.6 Å². The van der Waals surface area contributed by atoms with E-state index in [2.05, 4.69) is 29.2 Å². The summed E-state index contributed by atoms with van der Waals surface area (Å²) in [6.07, 6.45) is 0. The fourth-order valence-corrected chi connectivity index (χ4v) is 1.08. The van der Waals surface area contributed by atoms with Crippen LogP contribution in [0.2, 0.25) is 0 Å². The molecule has 1 aromatic carbocycles. The predicted octanol–water partition coefficient (Wildman–Crippen LogP) is 1.77. The highest BCUT2D eigenvalue weighted by Gasteiger charge is 1.99. The summed E-state index contributed by atoms with van der Waals surface area (Å²) in [6, 6.07) is 8.43. The Balaban J connectivity index is 2.86. The maximum Gasteiger partial charge on any atom is 0.0361 e. The lowest BCUT2D eigenvalue weighted by molar-refractivity contribution is 0.818. The van der Waals surface area contributed by atoms with Gasteiger partial charge in [0.2, 0.25) is 0 Å². The molecule has 1 atom stereocenters. The zero-order valence-electron chi connectivity index (χ0n) is 7.91. The summed E-state index contributed by atoms with van der Waals surface area (Å²) in [5, 5.41) is 0. The number of anilines is 1. The average Bonchev–Trinajstić information content (AvgIpc) is 2.04. The highest BCUT2D eigenvalue weighted by Crippen LogP contribution is 2.15. The largest absolute Gasteiger partial charge is 0.378 e. The maximum absolute atomic E-state index is 5.73. The number of benzene rings is 1. The second-order valence-corrected chi connectivity index (χ2v) is 3.27. The molecule has 12 heavy (non-hydrogen) atoms. The summed E-state index contributed by atoms with van der Waals surface area (Å²) in [5.41, 5.74) is 8.12. The third-order valence-corrected chi connectivity index (χ3v) is 1.94. The second-order valence-electron chi connectivity index (χ2n) is 3.27. The first-order valence-corrected chi connectivity index (χ1v) is 4.14. The van der Waals surface area contributed by atoms with Gasteiger partial charge in [-0.1, -0.05) is 12.1 Å². The average molecular weight is 164 g/mol. The topological polar surface area (TPSA) is 29.3 Å². The van der Waals surface area contributed by atoms with Crippen LogP contribution in [0, 0.1) is 0 Å². The van der Waals surface area contributed by atoms with Crippen molar-refractivity contribution >= 4 is 5.69 Å². The van der Waals surface area contributed by atoms with Crippen LogP contribution in [-0.4, -0.2) is 14.1 Å². The standard InChI is InChI=1S/C10H16N2/c1-8(11)9-4-6-10(7-5-9)12(2)3/h4-8H,11H2,1-3H3/t8-/m0/s1. The molecule has 0 fully saturated rings. The molecule has 0 radical (unpaired) electrons. The van der Waals surface area contributed by atoms with E-state index < -0.39 is 0 Å². The van der Waals surface area contributed by atoms with Crippen molar-refractivity contribution in [3.63, 3.8) is 0 Å². The van der Waals surface area contributed by atoms with E-state index in [1.807, 2.05) is 21.0 Å². The van der Waals surface area contributed by atoms with Gasteiger partial charge in [-0.2, -0.15) is 0 Å². The highest BCUT2D eigenvalue weighted by molar-refractivity contribution is 5.46. The molecule has 0 aliphatic carbocycles. The van der Waals surface area contributed by atoms with E-state index in [-0.39, 0.29) is 6.04 Å². The number of nitrogens with zero attached hydrogens (tertiary/aromatic N) is 1. The van der Waals surface area contributed by atoms with Gasteiger partial charge in [-0.05, 0) is 24.6 Å². The van der Waals surface area contributed by atoms with E-state index in [1.54, 1.807) is 0 Å². The molecule has 66 valence electrons.